The van der Waals surface area contributed by atoms with Crippen LogP contribution in [0.2, 0.25) is 0 Å². The molecule has 122 valence electrons. The largest absolute Gasteiger partial charge is 0.263 e. The summed E-state index contributed by atoms with van der Waals surface area (Å²) in [7, 11) is -3.76. The second-order valence-corrected chi connectivity index (χ2v) is 7.58. The van der Waals surface area contributed by atoms with Crippen molar-refractivity contribution < 1.29 is 8.42 Å². The van der Waals surface area contributed by atoms with Crippen LogP contribution in [0.5, 0.6) is 0 Å². The van der Waals surface area contributed by atoms with Gasteiger partial charge in [-0.1, -0.05) is 6.07 Å². The molecule has 6 nitrogen and oxygen atoms in total. The highest BCUT2D eigenvalue weighted by Crippen LogP contribution is 2.39. The first-order chi connectivity index (χ1) is 11.5. The van der Waals surface area contributed by atoms with Crippen molar-refractivity contribution in [3.05, 3.63) is 54.1 Å². The highest BCUT2D eigenvalue weighted by Gasteiger charge is 2.26. The van der Waals surface area contributed by atoms with Gasteiger partial charge >= 0.3 is 0 Å². The lowest BCUT2D eigenvalue weighted by Crippen LogP contribution is -2.15. The summed E-state index contributed by atoms with van der Waals surface area (Å²) < 4.78 is 28.2. The van der Waals surface area contributed by atoms with Crippen molar-refractivity contribution in [2.75, 3.05) is 4.72 Å². The molecule has 3 aromatic rings. The molecule has 0 atom stereocenters. The van der Waals surface area contributed by atoms with Gasteiger partial charge < -0.3 is 0 Å². The summed E-state index contributed by atoms with van der Waals surface area (Å²) in [5.41, 5.74) is 1.54. The van der Waals surface area contributed by atoms with Gasteiger partial charge in [-0.25, -0.2) is 18.4 Å². The van der Waals surface area contributed by atoms with Crippen LogP contribution in [0.3, 0.4) is 0 Å². The van der Waals surface area contributed by atoms with Gasteiger partial charge in [-0.2, -0.15) is 0 Å². The third-order valence-electron chi connectivity index (χ3n) is 3.99. The maximum absolute atomic E-state index is 12.8. The van der Waals surface area contributed by atoms with Crippen molar-refractivity contribution in [3.63, 3.8) is 0 Å². The van der Waals surface area contributed by atoms with E-state index < -0.39 is 10.0 Å². The number of aryl methyl sites for hydroxylation is 1. The minimum Gasteiger partial charge on any atom is -0.263 e. The summed E-state index contributed by atoms with van der Waals surface area (Å²) >= 11 is 0. The standard InChI is InChI=1S/C17H16N4O2S/c1-11-19-15(12-7-8-12)10-17(20-11)21-24(22,23)16-6-2-5-14-13(16)4-3-9-18-14/h2-6,9-10,12H,7-8H2,1H3,(H,19,20,21). The molecule has 7 heteroatoms. The molecule has 2 aromatic heterocycles. The van der Waals surface area contributed by atoms with Gasteiger partial charge in [0.2, 0.25) is 0 Å². The van der Waals surface area contributed by atoms with Crippen LogP contribution in [0.25, 0.3) is 10.9 Å². The number of rotatable bonds is 4. The van der Waals surface area contributed by atoms with E-state index in [1.165, 1.54) is 0 Å². The molecule has 4 rings (SSSR count). The lowest BCUT2D eigenvalue weighted by Gasteiger charge is -2.11. The summed E-state index contributed by atoms with van der Waals surface area (Å²) in [6, 6.07) is 10.2. The molecule has 0 saturated heterocycles. The zero-order valence-corrected chi connectivity index (χ0v) is 13.9. The fraction of sp³-hybridized carbons (Fsp3) is 0.235. The average molecular weight is 340 g/mol. The smallest absolute Gasteiger partial charge is 0.263 e. The topological polar surface area (TPSA) is 84.8 Å². The van der Waals surface area contributed by atoms with Crippen LogP contribution in [-0.2, 0) is 10.0 Å². The Morgan fingerprint density at radius 3 is 2.75 bits per heavy atom. The Hall–Kier alpha value is -2.54. The van der Waals surface area contributed by atoms with Gasteiger partial charge in [0, 0.05) is 29.3 Å². The van der Waals surface area contributed by atoms with Crippen molar-refractivity contribution in [1.29, 1.82) is 0 Å². The maximum Gasteiger partial charge on any atom is 0.263 e. The Bertz CT molecular complexity index is 1020. The van der Waals surface area contributed by atoms with E-state index in [1.54, 1.807) is 49.5 Å². The zero-order valence-electron chi connectivity index (χ0n) is 13.1. The normalized spacial score (nSPS) is 14.7. The molecule has 1 fully saturated rings. The fourth-order valence-electron chi connectivity index (χ4n) is 2.73. The number of sulfonamides is 1. The fourth-order valence-corrected chi connectivity index (χ4v) is 3.94. The first-order valence-electron chi connectivity index (χ1n) is 7.75. The van der Waals surface area contributed by atoms with Crippen molar-refractivity contribution >= 4 is 26.7 Å². The number of benzene rings is 1. The van der Waals surface area contributed by atoms with Gasteiger partial charge in [-0.15, -0.1) is 0 Å². The van der Waals surface area contributed by atoms with Crippen LogP contribution in [0.1, 0.15) is 30.3 Å². The molecule has 1 aliphatic carbocycles. The highest BCUT2D eigenvalue weighted by atomic mass is 32.2. The van der Waals surface area contributed by atoms with Gasteiger partial charge in [-0.3, -0.25) is 9.71 Å². The molecule has 0 unspecified atom stereocenters. The Labute approximate surface area is 140 Å². The van der Waals surface area contributed by atoms with E-state index in [2.05, 4.69) is 19.7 Å². The Kier molecular flexibility index (Phi) is 3.45. The van der Waals surface area contributed by atoms with Gasteiger partial charge in [0.1, 0.15) is 11.6 Å². The molecule has 24 heavy (non-hydrogen) atoms. The molecule has 0 radical (unpaired) electrons. The van der Waals surface area contributed by atoms with E-state index in [0.717, 1.165) is 18.5 Å². The van der Waals surface area contributed by atoms with Crippen molar-refractivity contribution in [2.24, 2.45) is 0 Å². The van der Waals surface area contributed by atoms with E-state index in [1.807, 2.05) is 0 Å². The Morgan fingerprint density at radius 1 is 1.12 bits per heavy atom. The molecule has 1 aliphatic rings. The zero-order chi connectivity index (χ0) is 16.7. The predicted octanol–water partition coefficient (Wildman–Crippen LogP) is 3.01. The van der Waals surface area contributed by atoms with Crippen molar-refractivity contribution in [3.8, 4) is 0 Å². The minimum absolute atomic E-state index is 0.192. The molecule has 0 amide bonds. The SMILES string of the molecule is Cc1nc(NS(=O)(=O)c2cccc3ncccc23)cc(C2CC2)n1. The molecule has 1 aromatic carbocycles. The summed E-state index contributed by atoms with van der Waals surface area (Å²) in [6.07, 6.45) is 3.83. The molecular formula is C17H16N4O2S. The van der Waals surface area contributed by atoms with Gasteiger partial charge in [-0.05, 0) is 44.0 Å². The van der Waals surface area contributed by atoms with Crippen LogP contribution >= 0.6 is 0 Å². The van der Waals surface area contributed by atoms with E-state index in [4.69, 9.17) is 0 Å². The summed E-state index contributed by atoms with van der Waals surface area (Å²) in [6.45, 7) is 1.77. The Morgan fingerprint density at radius 2 is 1.96 bits per heavy atom. The summed E-state index contributed by atoms with van der Waals surface area (Å²) in [4.78, 5) is 13.0. The highest BCUT2D eigenvalue weighted by molar-refractivity contribution is 7.93. The summed E-state index contributed by atoms with van der Waals surface area (Å²) in [5, 5.41) is 0.584. The van der Waals surface area contributed by atoms with E-state index in [9.17, 15) is 8.42 Å². The molecule has 2 heterocycles. The number of hydrogen-bond donors (Lipinski definition) is 1. The number of hydrogen-bond acceptors (Lipinski definition) is 5. The first kappa shape index (κ1) is 15.0. The summed E-state index contributed by atoms with van der Waals surface area (Å²) in [5.74, 6) is 1.30. The van der Waals surface area contributed by atoms with Crippen LogP contribution in [0.4, 0.5) is 5.82 Å². The first-order valence-corrected chi connectivity index (χ1v) is 9.23. The second kappa shape index (κ2) is 5.52. The minimum atomic E-state index is -3.76. The number of nitrogens with one attached hydrogen (secondary N) is 1. The van der Waals surface area contributed by atoms with Crippen LogP contribution in [-0.4, -0.2) is 23.4 Å². The third kappa shape index (κ3) is 2.82. The van der Waals surface area contributed by atoms with Crippen LogP contribution < -0.4 is 4.72 Å². The van der Waals surface area contributed by atoms with Gasteiger partial charge in [0.25, 0.3) is 10.0 Å². The van der Waals surface area contributed by atoms with Crippen LogP contribution in [0.15, 0.2) is 47.5 Å². The number of nitrogens with zero attached hydrogens (tertiary/aromatic N) is 3. The lowest BCUT2D eigenvalue weighted by atomic mass is 10.2. The van der Waals surface area contributed by atoms with Crippen LogP contribution in [0, 0.1) is 6.92 Å². The predicted molar refractivity (Wildman–Crippen MR) is 91.3 cm³/mol. The van der Waals surface area contributed by atoms with Crippen molar-refractivity contribution in [2.45, 2.75) is 30.6 Å². The molecule has 0 spiro atoms. The van der Waals surface area contributed by atoms with Crippen molar-refractivity contribution in [1.82, 2.24) is 15.0 Å². The lowest BCUT2D eigenvalue weighted by molar-refractivity contribution is 0.602. The third-order valence-corrected chi connectivity index (χ3v) is 5.40. The maximum atomic E-state index is 12.8. The Balaban J connectivity index is 1.75. The second-order valence-electron chi connectivity index (χ2n) is 5.93. The molecular weight excluding hydrogens is 324 g/mol. The molecule has 1 N–H and O–H groups in total. The average Bonchev–Trinajstić information content (AvgIpc) is 3.38. The molecule has 0 aliphatic heterocycles. The monoisotopic (exact) mass is 340 g/mol. The van der Waals surface area contributed by atoms with Gasteiger partial charge in [0.05, 0.1) is 10.4 Å². The molecule has 0 bridgehead atoms. The molecule has 1 saturated carbocycles. The number of anilines is 1. The van der Waals surface area contributed by atoms with E-state index in [0.29, 0.717) is 28.5 Å². The van der Waals surface area contributed by atoms with Gasteiger partial charge in [0.15, 0.2) is 0 Å². The van der Waals surface area contributed by atoms with E-state index in [-0.39, 0.29) is 4.90 Å². The number of aromatic nitrogens is 3. The van der Waals surface area contributed by atoms with E-state index >= 15 is 0 Å². The number of fused-ring (bicyclic) bond motifs is 1. The number of pyridine rings is 1. The quantitative estimate of drug-likeness (QED) is 0.789.